The molecule has 3 aliphatic heterocycles. The summed E-state index contributed by atoms with van der Waals surface area (Å²) in [5.74, 6) is 1.66. The SMILES string of the molecule is NC1=NC2(CS1)c1cc(-c3cncnc3)ccc1OC1CCCOC12. The van der Waals surface area contributed by atoms with Gasteiger partial charge in [0.05, 0.1) is 0 Å². The fourth-order valence-electron chi connectivity index (χ4n) is 3.96. The van der Waals surface area contributed by atoms with Gasteiger partial charge in [-0.1, -0.05) is 17.8 Å². The van der Waals surface area contributed by atoms with Gasteiger partial charge in [-0.05, 0) is 30.5 Å². The Hall–Kier alpha value is -2.12. The molecule has 0 aliphatic carbocycles. The molecule has 7 heteroatoms. The summed E-state index contributed by atoms with van der Waals surface area (Å²) < 4.78 is 12.4. The summed E-state index contributed by atoms with van der Waals surface area (Å²) >= 11 is 1.59. The molecule has 1 spiro atoms. The second-order valence-corrected chi connectivity index (χ2v) is 7.59. The van der Waals surface area contributed by atoms with Crippen molar-refractivity contribution in [2.75, 3.05) is 12.4 Å². The van der Waals surface area contributed by atoms with Crippen molar-refractivity contribution < 1.29 is 9.47 Å². The first-order valence-electron chi connectivity index (χ1n) is 8.42. The Kier molecular flexibility index (Phi) is 3.46. The fourth-order valence-corrected chi connectivity index (χ4v) is 4.94. The van der Waals surface area contributed by atoms with Crippen LogP contribution in [0.5, 0.6) is 5.75 Å². The fraction of sp³-hybridized carbons (Fsp3) is 0.389. The number of aliphatic imine (C=N–C) groups is 1. The lowest BCUT2D eigenvalue weighted by Crippen LogP contribution is -2.55. The molecule has 1 aromatic carbocycles. The molecule has 0 radical (unpaired) electrons. The predicted octanol–water partition coefficient (Wildman–Crippen LogP) is 2.34. The van der Waals surface area contributed by atoms with Crippen molar-refractivity contribution >= 4 is 16.9 Å². The Morgan fingerprint density at radius 1 is 1.20 bits per heavy atom. The Morgan fingerprint density at radius 2 is 2.08 bits per heavy atom. The maximum Gasteiger partial charge on any atom is 0.155 e. The summed E-state index contributed by atoms with van der Waals surface area (Å²) in [7, 11) is 0. The minimum Gasteiger partial charge on any atom is -0.487 e. The molecule has 0 amide bonds. The lowest BCUT2D eigenvalue weighted by atomic mass is 9.78. The average molecular weight is 354 g/mol. The van der Waals surface area contributed by atoms with Crippen LogP contribution < -0.4 is 10.5 Å². The van der Waals surface area contributed by atoms with Gasteiger partial charge in [0.25, 0.3) is 0 Å². The van der Waals surface area contributed by atoms with E-state index in [9.17, 15) is 0 Å². The van der Waals surface area contributed by atoms with Crippen molar-refractivity contribution in [1.82, 2.24) is 9.97 Å². The first kappa shape index (κ1) is 15.2. The van der Waals surface area contributed by atoms with Gasteiger partial charge in [0, 0.05) is 35.9 Å². The number of fused-ring (bicyclic) bond motifs is 4. The molecule has 1 fully saturated rings. The molecule has 2 N–H and O–H groups in total. The molecule has 3 atom stereocenters. The van der Waals surface area contributed by atoms with Gasteiger partial charge >= 0.3 is 0 Å². The monoisotopic (exact) mass is 354 g/mol. The lowest BCUT2D eigenvalue weighted by molar-refractivity contribution is -0.108. The van der Waals surface area contributed by atoms with Crippen LogP contribution in [0.4, 0.5) is 0 Å². The number of nitrogens with two attached hydrogens (primary N) is 1. The summed E-state index contributed by atoms with van der Waals surface area (Å²) in [4.78, 5) is 13.1. The minimum absolute atomic E-state index is 0.0300. The quantitative estimate of drug-likeness (QED) is 0.846. The van der Waals surface area contributed by atoms with Crippen LogP contribution in [0.2, 0.25) is 0 Å². The number of hydrogen-bond donors (Lipinski definition) is 1. The van der Waals surface area contributed by atoms with Gasteiger partial charge < -0.3 is 15.2 Å². The molecule has 6 nitrogen and oxygen atoms in total. The molecule has 128 valence electrons. The Balaban J connectivity index is 1.68. The van der Waals surface area contributed by atoms with Gasteiger partial charge in [0.2, 0.25) is 0 Å². The van der Waals surface area contributed by atoms with Crippen molar-refractivity contribution in [2.45, 2.75) is 30.6 Å². The van der Waals surface area contributed by atoms with E-state index in [1.54, 1.807) is 11.8 Å². The zero-order chi connectivity index (χ0) is 16.9. The van der Waals surface area contributed by atoms with E-state index in [1.165, 1.54) is 6.33 Å². The standard InChI is InChI=1S/C18H18N4O2S/c19-17-22-18(9-25-17)13-6-11(12-7-20-10-21-8-12)3-4-14(13)24-15-2-1-5-23-16(15)18/h3-4,6-8,10,15-16H,1-2,5,9H2,(H2,19,22). The summed E-state index contributed by atoms with van der Waals surface area (Å²) in [6.07, 6.45) is 7.09. The van der Waals surface area contributed by atoms with Crippen molar-refractivity contribution in [3.8, 4) is 16.9 Å². The third-order valence-corrected chi connectivity index (χ3v) is 6.08. The van der Waals surface area contributed by atoms with E-state index in [0.717, 1.165) is 47.6 Å². The highest BCUT2D eigenvalue weighted by atomic mass is 32.2. The largest absolute Gasteiger partial charge is 0.487 e. The molecule has 2 aromatic rings. The van der Waals surface area contributed by atoms with E-state index in [1.807, 2.05) is 24.5 Å². The molecule has 3 unspecified atom stereocenters. The summed E-state index contributed by atoms with van der Waals surface area (Å²) in [6, 6.07) is 6.20. The highest BCUT2D eigenvalue weighted by molar-refractivity contribution is 8.14. The van der Waals surface area contributed by atoms with Gasteiger partial charge in [0.1, 0.15) is 29.8 Å². The molecule has 5 rings (SSSR count). The van der Waals surface area contributed by atoms with Gasteiger partial charge in [-0.3, -0.25) is 0 Å². The van der Waals surface area contributed by atoms with Crippen molar-refractivity contribution in [1.29, 1.82) is 0 Å². The third kappa shape index (κ3) is 2.33. The van der Waals surface area contributed by atoms with Crippen LogP contribution in [0.15, 0.2) is 41.9 Å². The van der Waals surface area contributed by atoms with E-state index in [-0.39, 0.29) is 12.2 Å². The van der Waals surface area contributed by atoms with Gasteiger partial charge in [-0.2, -0.15) is 0 Å². The van der Waals surface area contributed by atoms with E-state index >= 15 is 0 Å². The summed E-state index contributed by atoms with van der Waals surface area (Å²) in [5.41, 5.74) is 8.65. The van der Waals surface area contributed by atoms with Crippen molar-refractivity contribution in [3.63, 3.8) is 0 Å². The van der Waals surface area contributed by atoms with Crippen LogP contribution in [0.25, 0.3) is 11.1 Å². The van der Waals surface area contributed by atoms with E-state index in [4.69, 9.17) is 20.2 Å². The minimum atomic E-state index is -0.473. The number of nitrogens with zero attached hydrogens (tertiary/aromatic N) is 3. The van der Waals surface area contributed by atoms with Crippen LogP contribution in [-0.4, -0.2) is 39.7 Å². The topological polar surface area (TPSA) is 82.6 Å². The molecule has 0 saturated carbocycles. The van der Waals surface area contributed by atoms with Crippen LogP contribution in [0.1, 0.15) is 18.4 Å². The van der Waals surface area contributed by atoms with E-state index < -0.39 is 5.54 Å². The van der Waals surface area contributed by atoms with Crippen molar-refractivity contribution in [3.05, 3.63) is 42.5 Å². The van der Waals surface area contributed by atoms with E-state index in [0.29, 0.717) is 5.17 Å². The first-order chi connectivity index (χ1) is 12.3. The van der Waals surface area contributed by atoms with Gasteiger partial charge in [0.15, 0.2) is 5.17 Å². The molecular weight excluding hydrogens is 336 g/mol. The number of thioether (sulfide) groups is 1. The highest BCUT2D eigenvalue weighted by Gasteiger charge is 2.54. The molecule has 1 saturated heterocycles. The normalized spacial score (nSPS) is 30.3. The van der Waals surface area contributed by atoms with Gasteiger partial charge in [-0.15, -0.1) is 0 Å². The Morgan fingerprint density at radius 3 is 2.88 bits per heavy atom. The number of rotatable bonds is 1. The van der Waals surface area contributed by atoms with Gasteiger partial charge in [-0.25, -0.2) is 15.0 Å². The van der Waals surface area contributed by atoms with Crippen molar-refractivity contribution in [2.24, 2.45) is 10.7 Å². The summed E-state index contributed by atoms with van der Waals surface area (Å²) in [6.45, 7) is 0.744. The molecule has 3 aliphatic rings. The zero-order valence-corrected chi connectivity index (χ0v) is 14.4. The second-order valence-electron chi connectivity index (χ2n) is 6.59. The lowest BCUT2D eigenvalue weighted by Gasteiger charge is -2.46. The molecule has 1 aromatic heterocycles. The van der Waals surface area contributed by atoms with Crippen LogP contribution in [0.3, 0.4) is 0 Å². The van der Waals surface area contributed by atoms with E-state index in [2.05, 4.69) is 16.0 Å². The Bertz CT molecular complexity index is 844. The average Bonchev–Trinajstić information content (AvgIpc) is 3.05. The van der Waals surface area contributed by atoms with Crippen LogP contribution in [-0.2, 0) is 10.3 Å². The molecule has 4 heterocycles. The number of hydrogen-bond acceptors (Lipinski definition) is 7. The number of ether oxygens (including phenoxy) is 2. The highest BCUT2D eigenvalue weighted by Crippen LogP contribution is 2.51. The summed E-state index contributed by atoms with van der Waals surface area (Å²) in [5, 5.41) is 0.620. The van der Waals surface area contributed by atoms with Crippen LogP contribution in [0, 0.1) is 0 Å². The number of aromatic nitrogens is 2. The first-order valence-corrected chi connectivity index (χ1v) is 9.41. The smallest absolute Gasteiger partial charge is 0.155 e. The Labute approximate surface area is 149 Å². The number of benzene rings is 1. The predicted molar refractivity (Wildman–Crippen MR) is 96.6 cm³/mol. The molecule has 0 bridgehead atoms. The second kappa shape index (κ2) is 5.71. The van der Waals surface area contributed by atoms with Crippen LogP contribution >= 0.6 is 11.8 Å². The molecule has 25 heavy (non-hydrogen) atoms. The maximum atomic E-state index is 6.27. The maximum absolute atomic E-state index is 6.27. The zero-order valence-electron chi connectivity index (χ0n) is 13.6. The molecular formula is C18H18N4O2S. The number of amidine groups is 1. The third-order valence-electron chi connectivity index (χ3n) is 5.11.